The van der Waals surface area contributed by atoms with Crippen LogP contribution in [0.5, 0.6) is 5.75 Å². The fourth-order valence-corrected chi connectivity index (χ4v) is 2.62. The van der Waals surface area contributed by atoms with Crippen LogP contribution in [0.25, 0.3) is 10.8 Å². The zero-order valence-electron chi connectivity index (χ0n) is 14.4. The highest BCUT2D eigenvalue weighted by Crippen LogP contribution is 2.18. The van der Waals surface area contributed by atoms with Gasteiger partial charge in [-0.15, -0.1) is 0 Å². The summed E-state index contributed by atoms with van der Waals surface area (Å²) < 4.78 is 46.2. The molecule has 0 saturated carbocycles. The molecule has 0 aliphatic heterocycles. The second-order valence-corrected chi connectivity index (χ2v) is 7.98. The Morgan fingerprint density at radius 3 is 2.74 bits per heavy atom. The highest BCUT2D eigenvalue weighted by Gasteiger charge is 2.09. The van der Waals surface area contributed by atoms with Crippen LogP contribution in [-0.2, 0) is 21.1 Å². The number of carbonyl (C=O) groups is 1. The van der Waals surface area contributed by atoms with E-state index in [4.69, 9.17) is 10.5 Å². The maximum atomic E-state index is 12.7. The summed E-state index contributed by atoms with van der Waals surface area (Å²) in [6.45, 7) is -0.573. The van der Waals surface area contributed by atoms with Crippen LogP contribution < -0.4 is 16.0 Å². The molecule has 0 aliphatic carbocycles. The number of aryl methyl sites for hydroxylation is 1. The Morgan fingerprint density at radius 2 is 2.11 bits per heavy atom. The molecule has 2 aromatic rings. The van der Waals surface area contributed by atoms with Gasteiger partial charge >= 0.3 is 6.09 Å². The van der Waals surface area contributed by atoms with E-state index in [2.05, 4.69) is 9.84 Å². The van der Waals surface area contributed by atoms with E-state index in [1.807, 2.05) is 0 Å². The van der Waals surface area contributed by atoms with Crippen molar-refractivity contribution < 1.29 is 27.1 Å². The lowest BCUT2D eigenvalue weighted by Gasteiger charge is -2.10. The van der Waals surface area contributed by atoms with Gasteiger partial charge in [0.05, 0.1) is 30.2 Å². The van der Waals surface area contributed by atoms with Gasteiger partial charge in [-0.05, 0) is 18.2 Å². The molecule has 0 unspecified atom stereocenters. The van der Waals surface area contributed by atoms with E-state index in [0.29, 0.717) is 16.5 Å². The van der Waals surface area contributed by atoms with Gasteiger partial charge < -0.3 is 15.2 Å². The third-order valence-electron chi connectivity index (χ3n) is 3.48. The fourth-order valence-electron chi connectivity index (χ4n) is 2.11. The largest absolute Gasteiger partial charge is 0.489 e. The SMILES string of the molecule is CS(=O)(=O)CCn1ncc2cc(OCC(=CF)COC(N)=O)ccc2c1=O. The molecule has 1 amide bonds. The van der Waals surface area contributed by atoms with Crippen molar-refractivity contribution in [3.05, 3.63) is 46.7 Å². The number of fused-ring (bicyclic) bond motifs is 1. The van der Waals surface area contributed by atoms with Crippen LogP contribution in [0.4, 0.5) is 9.18 Å². The average Bonchev–Trinajstić information content (AvgIpc) is 2.60. The molecule has 2 rings (SSSR count). The van der Waals surface area contributed by atoms with E-state index in [1.165, 1.54) is 24.4 Å². The number of benzene rings is 1. The molecule has 27 heavy (non-hydrogen) atoms. The van der Waals surface area contributed by atoms with Gasteiger partial charge in [0.1, 0.15) is 28.8 Å². The molecule has 9 nitrogen and oxygen atoms in total. The quantitative estimate of drug-likeness (QED) is 0.694. The minimum atomic E-state index is -3.22. The molecule has 0 fully saturated rings. The summed E-state index contributed by atoms with van der Waals surface area (Å²) in [6, 6.07) is 4.55. The number of hydrogen-bond acceptors (Lipinski definition) is 7. The molecule has 1 aromatic heterocycles. The number of primary amides is 1. The zero-order valence-corrected chi connectivity index (χ0v) is 15.2. The Balaban J connectivity index is 2.13. The van der Waals surface area contributed by atoms with Crippen molar-refractivity contribution in [1.82, 2.24) is 9.78 Å². The molecule has 1 heterocycles. The van der Waals surface area contributed by atoms with Crippen molar-refractivity contribution >= 4 is 26.7 Å². The van der Waals surface area contributed by atoms with Crippen LogP contribution in [0.2, 0.25) is 0 Å². The first-order chi connectivity index (χ1) is 12.7. The predicted molar refractivity (Wildman–Crippen MR) is 95.9 cm³/mol. The number of nitrogens with two attached hydrogens (primary N) is 1. The Bertz CT molecular complexity index is 1030. The van der Waals surface area contributed by atoms with Crippen LogP contribution in [0.3, 0.4) is 0 Å². The first-order valence-electron chi connectivity index (χ1n) is 7.70. The third-order valence-corrected chi connectivity index (χ3v) is 4.40. The van der Waals surface area contributed by atoms with Crippen molar-refractivity contribution in [1.29, 1.82) is 0 Å². The number of carbonyl (C=O) groups excluding carboxylic acids is 1. The van der Waals surface area contributed by atoms with E-state index in [1.54, 1.807) is 0 Å². The van der Waals surface area contributed by atoms with Crippen molar-refractivity contribution in [3.8, 4) is 5.75 Å². The Morgan fingerprint density at radius 1 is 1.37 bits per heavy atom. The maximum absolute atomic E-state index is 12.7. The molecular formula is C16H18FN3O6S. The van der Waals surface area contributed by atoms with Crippen LogP contribution in [0.1, 0.15) is 0 Å². The lowest BCUT2D eigenvalue weighted by molar-refractivity contribution is 0.162. The Kier molecular flexibility index (Phi) is 6.50. The first-order valence-corrected chi connectivity index (χ1v) is 9.76. The molecule has 0 aliphatic rings. The van der Waals surface area contributed by atoms with Gasteiger partial charge in [-0.1, -0.05) is 0 Å². The highest BCUT2D eigenvalue weighted by molar-refractivity contribution is 7.90. The average molecular weight is 399 g/mol. The Labute approximate surface area is 154 Å². The van der Waals surface area contributed by atoms with Crippen LogP contribution in [0.15, 0.2) is 41.1 Å². The summed E-state index contributed by atoms with van der Waals surface area (Å²) in [5.74, 6) is 0.147. The number of nitrogens with zero attached hydrogens (tertiary/aromatic N) is 2. The minimum Gasteiger partial charge on any atom is -0.489 e. The molecule has 1 aromatic carbocycles. The minimum absolute atomic E-state index is 0.0453. The van der Waals surface area contributed by atoms with Gasteiger partial charge in [0.2, 0.25) is 0 Å². The summed E-state index contributed by atoms with van der Waals surface area (Å²) in [7, 11) is -3.22. The topological polar surface area (TPSA) is 131 Å². The molecule has 146 valence electrons. The molecule has 0 atom stereocenters. The van der Waals surface area contributed by atoms with E-state index < -0.39 is 21.5 Å². The van der Waals surface area contributed by atoms with Gasteiger partial charge in [-0.3, -0.25) is 4.79 Å². The van der Waals surface area contributed by atoms with Crippen LogP contribution in [0, 0.1) is 0 Å². The summed E-state index contributed by atoms with van der Waals surface area (Å²) in [6.07, 6.45) is 1.72. The molecule has 2 N–H and O–H groups in total. The number of hydrogen-bond donors (Lipinski definition) is 1. The molecular weight excluding hydrogens is 381 g/mol. The van der Waals surface area contributed by atoms with E-state index in [9.17, 15) is 22.4 Å². The van der Waals surface area contributed by atoms with Gasteiger partial charge in [-0.25, -0.2) is 22.3 Å². The number of halogens is 1. The van der Waals surface area contributed by atoms with Gasteiger partial charge in [-0.2, -0.15) is 5.10 Å². The third kappa shape index (κ3) is 6.06. The Hall–Kier alpha value is -2.95. The van der Waals surface area contributed by atoms with Crippen molar-refractivity contribution in [2.24, 2.45) is 5.73 Å². The van der Waals surface area contributed by atoms with Crippen LogP contribution >= 0.6 is 0 Å². The van der Waals surface area contributed by atoms with Gasteiger partial charge in [0.25, 0.3) is 5.56 Å². The van der Waals surface area contributed by atoms with E-state index in [0.717, 1.165) is 10.9 Å². The summed E-state index contributed by atoms with van der Waals surface area (Å²) in [5.41, 5.74) is 4.44. The molecule has 0 radical (unpaired) electrons. The highest BCUT2D eigenvalue weighted by atomic mass is 32.2. The van der Waals surface area contributed by atoms with Crippen molar-refractivity contribution in [3.63, 3.8) is 0 Å². The van der Waals surface area contributed by atoms with Crippen molar-refractivity contribution in [2.75, 3.05) is 25.2 Å². The number of amides is 1. The van der Waals surface area contributed by atoms with Gasteiger partial charge in [0, 0.05) is 17.2 Å². The monoisotopic (exact) mass is 399 g/mol. The fraction of sp³-hybridized carbons (Fsp3) is 0.312. The van der Waals surface area contributed by atoms with E-state index >= 15 is 0 Å². The normalized spacial score (nSPS) is 12.1. The standard InChI is InChI=1S/C16H18FN3O6S/c1-27(23,24)5-4-20-15(21)14-3-2-13(6-12(14)8-19-20)25-9-11(7-17)10-26-16(18)22/h2-3,6-8H,4-5,9-10H2,1H3,(H2,18,22). The lowest BCUT2D eigenvalue weighted by atomic mass is 10.2. The summed E-state index contributed by atoms with van der Waals surface area (Å²) >= 11 is 0. The molecule has 0 saturated heterocycles. The first kappa shape index (κ1) is 20.4. The van der Waals surface area contributed by atoms with Gasteiger partial charge in [0.15, 0.2) is 0 Å². The molecule has 11 heteroatoms. The summed E-state index contributed by atoms with van der Waals surface area (Å²) in [5, 5.41) is 4.77. The second-order valence-electron chi connectivity index (χ2n) is 5.72. The van der Waals surface area contributed by atoms with Crippen LogP contribution in [-0.4, -0.2) is 49.5 Å². The number of sulfone groups is 1. The number of rotatable bonds is 8. The zero-order chi connectivity index (χ0) is 20.0. The second kappa shape index (κ2) is 8.62. The van der Waals surface area contributed by atoms with E-state index in [-0.39, 0.29) is 37.4 Å². The predicted octanol–water partition coefficient (Wildman–Crippen LogP) is 0.769. The smallest absolute Gasteiger partial charge is 0.404 e. The number of ether oxygens (including phenoxy) is 2. The molecule has 0 spiro atoms. The lowest BCUT2D eigenvalue weighted by Crippen LogP contribution is -2.26. The summed E-state index contributed by atoms with van der Waals surface area (Å²) in [4.78, 5) is 22.9. The number of aromatic nitrogens is 2. The molecule has 0 bridgehead atoms. The van der Waals surface area contributed by atoms with Crippen molar-refractivity contribution in [2.45, 2.75) is 6.54 Å². The maximum Gasteiger partial charge on any atom is 0.404 e.